The molecule has 2 fully saturated rings. The first-order chi connectivity index (χ1) is 8.52. The van der Waals surface area contributed by atoms with Gasteiger partial charge in [0.25, 0.3) is 0 Å². The van der Waals surface area contributed by atoms with Crippen molar-refractivity contribution in [1.82, 2.24) is 5.32 Å². The van der Waals surface area contributed by atoms with Crippen molar-refractivity contribution in [2.24, 2.45) is 5.41 Å². The van der Waals surface area contributed by atoms with Crippen molar-refractivity contribution in [3.05, 3.63) is 0 Å². The van der Waals surface area contributed by atoms with Gasteiger partial charge >= 0.3 is 5.97 Å². The quantitative estimate of drug-likeness (QED) is 0.776. The van der Waals surface area contributed by atoms with Crippen LogP contribution >= 0.6 is 11.8 Å². The van der Waals surface area contributed by atoms with Crippen LogP contribution in [-0.4, -0.2) is 34.5 Å². The highest BCUT2D eigenvalue weighted by Gasteiger charge is 2.45. The summed E-state index contributed by atoms with van der Waals surface area (Å²) in [5, 5.41) is 12.2. The van der Waals surface area contributed by atoms with Gasteiger partial charge in [-0.05, 0) is 31.9 Å². The summed E-state index contributed by atoms with van der Waals surface area (Å²) in [6.45, 7) is 0.683. The molecule has 2 N–H and O–H groups in total. The largest absolute Gasteiger partial charge is 0.481 e. The summed E-state index contributed by atoms with van der Waals surface area (Å²) < 4.78 is 0.238. The second-order valence-corrected chi connectivity index (χ2v) is 6.91. The molecule has 4 nitrogen and oxygen atoms in total. The van der Waals surface area contributed by atoms with Gasteiger partial charge in [0.2, 0.25) is 5.91 Å². The fourth-order valence-electron chi connectivity index (χ4n) is 2.74. The van der Waals surface area contributed by atoms with E-state index < -0.39 is 11.4 Å². The average molecular weight is 271 g/mol. The zero-order valence-electron chi connectivity index (χ0n) is 10.8. The Morgan fingerprint density at radius 2 is 1.83 bits per heavy atom. The summed E-state index contributed by atoms with van der Waals surface area (Å²) >= 11 is 1.80. The molecule has 0 aromatic rings. The Hall–Kier alpha value is -0.710. The van der Waals surface area contributed by atoms with Crippen LogP contribution in [0.4, 0.5) is 0 Å². The Balaban J connectivity index is 1.84. The predicted octanol–water partition coefficient (Wildman–Crippen LogP) is 2.03. The molecule has 0 radical (unpaired) electrons. The SMILES string of the molecule is CSC1(CNC(=O)CC2(C(=O)O)CCCC2)CC1. The number of aliphatic carboxylic acids is 1. The van der Waals surface area contributed by atoms with Gasteiger partial charge < -0.3 is 10.4 Å². The van der Waals surface area contributed by atoms with Gasteiger partial charge in [-0.2, -0.15) is 11.8 Å². The summed E-state index contributed by atoms with van der Waals surface area (Å²) in [5.74, 6) is -0.902. The highest BCUT2D eigenvalue weighted by Crippen LogP contribution is 2.46. The van der Waals surface area contributed by atoms with Crippen molar-refractivity contribution in [3.63, 3.8) is 0 Å². The van der Waals surface area contributed by atoms with Crippen LogP contribution in [0.2, 0.25) is 0 Å². The molecule has 0 aliphatic heterocycles. The zero-order valence-corrected chi connectivity index (χ0v) is 11.6. The van der Waals surface area contributed by atoms with Gasteiger partial charge in [0, 0.05) is 17.7 Å². The maximum absolute atomic E-state index is 11.9. The topological polar surface area (TPSA) is 66.4 Å². The molecule has 2 aliphatic rings. The third kappa shape index (κ3) is 2.82. The third-order valence-corrected chi connectivity index (χ3v) is 5.78. The number of carbonyl (C=O) groups is 2. The minimum Gasteiger partial charge on any atom is -0.481 e. The van der Waals surface area contributed by atoms with E-state index in [2.05, 4.69) is 11.6 Å². The van der Waals surface area contributed by atoms with Gasteiger partial charge in [-0.15, -0.1) is 0 Å². The molecule has 5 heteroatoms. The molecule has 2 aliphatic carbocycles. The molecule has 0 unspecified atom stereocenters. The van der Waals surface area contributed by atoms with Crippen molar-refractivity contribution in [2.75, 3.05) is 12.8 Å². The number of amides is 1. The Labute approximate surface area is 112 Å². The van der Waals surface area contributed by atoms with Gasteiger partial charge in [-0.25, -0.2) is 0 Å². The summed E-state index contributed by atoms with van der Waals surface area (Å²) in [6.07, 6.45) is 7.65. The minimum absolute atomic E-state index is 0.0976. The molecule has 0 heterocycles. The van der Waals surface area contributed by atoms with Crippen molar-refractivity contribution < 1.29 is 14.7 Å². The molecule has 0 bridgehead atoms. The molecule has 0 aromatic heterocycles. The van der Waals surface area contributed by atoms with Gasteiger partial charge in [0.15, 0.2) is 0 Å². The van der Waals surface area contributed by atoms with E-state index in [1.807, 2.05) is 0 Å². The summed E-state index contributed by atoms with van der Waals surface area (Å²) in [7, 11) is 0. The molecule has 0 saturated heterocycles. The normalized spacial score (nSPS) is 23.6. The number of hydrogen-bond acceptors (Lipinski definition) is 3. The van der Waals surface area contributed by atoms with Crippen LogP contribution in [0.15, 0.2) is 0 Å². The van der Waals surface area contributed by atoms with Crippen LogP contribution in [0.3, 0.4) is 0 Å². The number of thioether (sulfide) groups is 1. The lowest BCUT2D eigenvalue weighted by Gasteiger charge is -2.23. The lowest BCUT2D eigenvalue weighted by Crippen LogP contribution is -2.38. The highest BCUT2D eigenvalue weighted by atomic mass is 32.2. The van der Waals surface area contributed by atoms with Crippen molar-refractivity contribution in [3.8, 4) is 0 Å². The van der Waals surface area contributed by atoms with E-state index in [0.29, 0.717) is 19.4 Å². The molecule has 1 amide bonds. The van der Waals surface area contributed by atoms with Gasteiger partial charge in [-0.1, -0.05) is 12.8 Å². The minimum atomic E-state index is -0.804. The van der Waals surface area contributed by atoms with Gasteiger partial charge in [0.05, 0.1) is 5.41 Å². The molecule has 2 rings (SSSR count). The van der Waals surface area contributed by atoms with Crippen LogP contribution in [0.1, 0.15) is 44.9 Å². The fourth-order valence-corrected chi connectivity index (χ4v) is 3.47. The number of carboxylic acid groups (broad SMARTS) is 1. The Bertz CT molecular complexity index is 346. The average Bonchev–Trinajstić information content (AvgIpc) is 2.98. The zero-order chi connectivity index (χ0) is 13.2. The van der Waals surface area contributed by atoms with E-state index in [0.717, 1.165) is 25.7 Å². The number of hydrogen-bond donors (Lipinski definition) is 2. The van der Waals surface area contributed by atoms with Crippen LogP contribution < -0.4 is 5.32 Å². The fraction of sp³-hybridized carbons (Fsp3) is 0.846. The highest BCUT2D eigenvalue weighted by molar-refractivity contribution is 8.00. The number of carboxylic acids is 1. The molecule has 0 atom stereocenters. The van der Waals surface area contributed by atoms with Gasteiger partial charge in [-0.3, -0.25) is 9.59 Å². The molecular formula is C13H21NO3S. The van der Waals surface area contributed by atoms with E-state index >= 15 is 0 Å². The van der Waals surface area contributed by atoms with E-state index in [4.69, 9.17) is 0 Å². The number of nitrogens with one attached hydrogen (secondary N) is 1. The molecule has 2 saturated carbocycles. The monoisotopic (exact) mass is 271 g/mol. The molecule has 18 heavy (non-hydrogen) atoms. The van der Waals surface area contributed by atoms with E-state index in [1.165, 1.54) is 0 Å². The summed E-state index contributed by atoms with van der Waals surface area (Å²) in [5.41, 5.74) is -0.792. The van der Waals surface area contributed by atoms with E-state index in [-0.39, 0.29) is 17.1 Å². The Kier molecular flexibility index (Phi) is 3.90. The van der Waals surface area contributed by atoms with Crippen LogP contribution in [0, 0.1) is 5.41 Å². The molecular weight excluding hydrogens is 250 g/mol. The number of carbonyl (C=O) groups excluding carboxylic acids is 1. The van der Waals surface area contributed by atoms with Crippen LogP contribution in [0.5, 0.6) is 0 Å². The van der Waals surface area contributed by atoms with Crippen LogP contribution in [-0.2, 0) is 9.59 Å². The summed E-state index contributed by atoms with van der Waals surface area (Å²) in [4.78, 5) is 23.3. The van der Waals surface area contributed by atoms with Crippen molar-refractivity contribution in [1.29, 1.82) is 0 Å². The van der Waals surface area contributed by atoms with Gasteiger partial charge in [0.1, 0.15) is 0 Å². The molecule has 102 valence electrons. The predicted molar refractivity (Wildman–Crippen MR) is 71.6 cm³/mol. The first-order valence-electron chi connectivity index (χ1n) is 6.57. The van der Waals surface area contributed by atoms with Crippen LogP contribution in [0.25, 0.3) is 0 Å². The standard InChI is InChI=1S/C13H21NO3S/c1-18-13(6-7-13)9-14-10(15)8-12(11(16)17)4-2-3-5-12/h2-9H2,1H3,(H,14,15)(H,16,17). The lowest BCUT2D eigenvalue weighted by molar-refractivity contribution is -0.151. The molecule has 0 aromatic carbocycles. The smallest absolute Gasteiger partial charge is 0.310 e. The number of rotatable bonds is 6. The van der Waals surface area contributed by atoms with E-state index in [9.17, 15) is 14.7 Å². The maximum Gasteiger partial charge on any atom is 0.310 e. The Morgan fingerprint density at radius 1 is 1.22 bits per heavy atom. The maximum atomic E-state index is 11.9. The van der Waals surface area contributed by atoms with Crippen molar-refractivity contribution in [2.45, 2.75) is 49.7 Å². The molecule has 0 spiro atoms. The van der Waals surface area contributed by atoms with Crippen molar-refractivity contribution >= 4 is 23.6 Å². The first kappa shape index (κ1) is 13.7. The second-order valence-electron chi connectivity index (χ2n) is 5.63. The third-order valence-electron chi connectivity index (χ3n) is 4.36. The second kappa shape index (κ2) is 5.11. The summed E-state index contributed by atoms with van der Waals surface area (Å²) in [6, 6.07) is 0. The first-order valence-corrected chi connectivity index (χ1v) is 7.80. The van der Waals surface area contributed by atoms with E-state index in [1.54, 1.807) is 11.8 Å². The Morgan fingerprint density at radius 3 is 2.28 bits per heavy atom. The lowest BCUT2D eigenvalue weighted by atomic mass is 9.82.